The maximum Gasteiger partial charge on any atom is 0.407 e. The topological polar surface area (TPSA) is 707 Å². The molecule has 724 valence electrons. The van der Waals surface area contributed by atoms with Gasteiger partial charge in [0.1, 0.15) is 54.5 Å². The van der Waals surface area contributed by atoms with Crippen LogP contribution in [0.2, 0.25) is 0 Å². The van der Waals surface area contributed by atoms with Crippen LogP contribution in [-0.4, -0.2) is 253 Å². The van der Waals surface area contributed by atoms with E-state index in [9.17, 15) is 117 Å². The smallest absolute Gasteiger partial charge is 0.407 e. The average Bonchev–Trinajstić information content (AvgIpc) is 1.42. The number of H-pyrrole nitrogens is 1. The van der Waals surface area contributed by atoms with E-state index in [-0.39, 0.29) is 69.2 Å². The molecule has 0 spiro atoms. The molecule has 1 aliphatic carbocycles. The number of anilines is 1. The Kier molecular flexibility index (Phi) is 44.7. The molecule has 0 bridgehead atoms. The van der Waals surface area contributed by atoms with E-state index in [1.165, 1.54) is 58.9 Å². The van der Waals surface area contributed by atoms with Gasteiger partial charge in [0.25, 0.3) is 0 Å². The lowest BCUT2D eigenvalue weighted by Crippen LogP contribution is -2.57. The number of aromatic amines is 1. The van der Waals surface area contributed by atoms with Crippen molar-refractivity contribution in [1.29, 1.82) is 0 Å². The fourth-order valence-electron chi connectivity index (χ4n) is 14.7. The Morgan fingerprint density at radius 1 is 0.621 bits per heavy atom. The Balaban J connectivity index is 1.58. The van der Waals surface area contributed by atoms with Gasteiger partial charge < -0.3 is 115 Å². The number of aliphatic hydroxyl groups excluding tert-OH is 1. The second-order valence-corrected chi connectivity index (χ2v) is 33.4. The van der Waals surface area contributed by atoms with Gasteiger partial charge >= 0.3 is 35.9 Å². The highest BCUT2D eigenvalue weighted by Gasteiger charge is 2.43. The van der Waals surface area contributed by atoms with Gasteiger partial charge in [-0.15, -0.1) is 0 Å². The predicted octanol–water partition coefficient (Wildman–Crippen LogP) is 0.0571. The van der Waals surface area contributed by atoms with E-state index in [2.05, 4.69) is 75.7 Å². The number of fused-ring (bicyclic) bond motifs is 1. The number of primary amides is 1. The third kappa shape index (κ3) is 36.8. The van der Waals surface area contributed by atoms with Crippen LogP contribution in [0, 0.1) is 29.1 Å². The molecule has 44 heteroatoms. The summed E-state index contributed by atoms with van der Waals surface area (Å²) < 4.78 is 11.4. The van der Waals surface area contributed by atoms with Crippen molar-refractivity contribution in [2.24, 2.45) is 34.8 Å². The molecule has 132 heavy (non-hydrogen) atoms. The first-order valence-electron chi connectivity index (χ1n) is 43.7. The number of amides is 13. The summed E-state index contributed by atoms with van der Waals surface area (Å²) in [4.78, 5) is 305. The maximum absolute atomic E-state index is 15.1. The standard InChI is InChI=1S/C88H123N15O29/c1-8-9-10-11-12-13-14-28-70(110)98-61(35-52-42-92-58-26-18-16-23-54(52)58)82(124)100-60(40-69(90)109)67(107)36-51(37-74(115)116)80(122)103-76-50(6)131-85(128)63(39-65(105)55-24-15-17-25-57(55)89)101-81(123)56(46(2)34-73(113)114)38-68(108)64(45-104)99-72(112)43-93-78(120)48(4)96-79(121)49(5)95-77(119)47(3)33-66(106)59(97-71(111)44-94-83(76)125)27-21-32-91-87(130)132-53-22-19-20-30-88(7,31-29-53)86(129)102-62(84(126)127)41-75(117)118/h15-19,22-26,42,46-51,53,56,59-64,76,92,104H,8-14,20-21,27-41,43-45,89H2,1-7H3,(H2,90,109)(H,91,130)(H,93,120)(H,94,125)(H,95,119)(H,96,121)(H,97,111)(H,98,110)(H,99,112)(H,100,124)(H,101,123)(H,102,129)(H,103,122)(H,113,114)(H,115,116)(H,117,118)(H,126,127)/b22-19+/t46?,47-,48+,49-,50-,51+,53-,56+,59+,60-,61+,62?,63+,64-,76+,88+/m1/s1. The quantitative estimate of drug-likeness (QED) is 0.0118. The number of allylic oxidation sites excluding steroid dienone is 1. The minimum Gasteiger partial charge on any atom is -0.481 e. The van der Waals surface area contributed by atoms with Crippen LogP contribution in [0.15, 0.2) is 66.9 Å². The molecule has 3 aromatic rings. The van der Waals surface area contributed by atoms with Gasteiger partial charge in [-0.2, -0.15) is 0 Å². The van der Waals surface area contributed by atoms with Gasteiger partial charge in [-0.25, -0.2) is 14.4 Å². The molecule has 0 radical (unpaired) electrons. The van der Waals surface area contributed by atoms with E-state index in [0.29, 0.717) is 29.3 Å². The van der Waals surface area contributed by atoms with Gasteiger partial charge in [0, 0.05) is 97.1 Å². The van der Waals surface area contributed by atoms with Crippen molar-refractivity contribution in [3.05, 3.63) is 78.0 Å². The van der Waals surface area contributed by atoms with Gasteiger partial charge in [0.2, 0.25) is 70.9 Å². The number of carbonyl (C=O) groups is 22. The maximum atomic E-state index is 15.1. The number of benzene rings is 2. The Bertz CT molecular complexity index is 4710. The summed E-state index contributed by atoms with van der Waals surface area (Å²) in [5, 5.41) is 78.5. The molecule has 16 atom stereocenters. The number of hydrogen-bond donors (Lipinski definition) is 20. The number of carbonyl (C=O) groups excluding carboxylic acids is 18. The summed E-state index contributed by atoms with van der Waals surface area (Å²) in [7, 11) is 0. The van der Waals surface area contributed by atoms with Crippen molar-refractivity contribution in [2.75, 3.05) is 32.0 Å². The van der Waals surface area contributed by atoms with Crippen LogP contribution >= 0.6 is 0 Å². The number of Topliss-reactive ketones (excluding diaryl/α,β-unsaturated/α-hetero) is 4. The molecule has 2 heterocycles. The Morgan fingerprint density at radius 2 is 1.23 bits per heavy atom. The number of nitrogens with two attached hydrogens (primary N) is 2. The molecule has 1 aliphatic heterocycles. The highest BCUT2D eigenvalue weighted by atomic mass is 16.6. The van der Waals surface area contributed by atoms with Crippen LogP contribution in [0.1, 0.15) is 206 Å². The fraction of sp³-hybridized carbons (Fsp3) is 0.568. The summed E-state index contributed by atoms with van der Waals surface area (Å²) in [5.74, 6) is -32.2. The highest BCUT2D eigenvalue weighted by molar-refractivity contribution is 6.05. The van der Waals surface area contributed by atoms with Crippen molar-refractivity contribution < 1.29 is 140 Å². The molecule has 44 nitrogen and oxygen atoms in total. The number of ether oxygens (including phenoxy) is 2. The first kappa shape index (κ1) is 109. The second-order valence-electron chi connectivity index (χ2n) is 33.4. The van der Waals surface area contributed by atoms with Crippen molar-refractivity contribution in [2.45, 2.75) is 263 Å². The summed E-state index contributed by atoms with van der Waals surface area (Å²) in [5.41, 5.74) is 11.3. The van der Waals surface area contributed by atoms with E-state index in [1.54, 1.807) is 42.6 Å². The molecule has 13 amide bonds. The largest absolute Gasteiger partial charge is 0.481 e. The van der Waals surface area contributed by atoms with Crippen molar-refractivity contribution in [3.63, 3.8) is 0 Å². The number of nitrogen functional groups attached to an aromatic ring is 1. The number of rotatable bonds is 39. The van der Waals surface area contributed by atoms with E-state index < -0.39 is 297 Å². The van der Waals surface area contributed by atoms with Crippen LogP contribution in [0.4, 0.5) is 10.5 Å². The lowest BCUT2D eigenvalue weighted by molar-refractivity contribution is -0.156. The van der Waals surface area contributed by atoms with Crippen molar-refractivity contribution in [3.8, 4) is 0 Å². The Morgan fingerprint density at radius 3 is 1.88 bits per heavy atom. The third-order valence-corrected chi connectivity index (χ3v) is 22.5. The lowest BCUT2D eigenvalue weighted by atomic mass is 9.77. The van der Waals surface area contributed by atoms with Crippen molar-refractivity contribution in [1.82, 2.24) is 68.8 Å². The van der Waals surface area contributed by atoms with Crippen molar-refractivity contribution >= 4 is 147 Å². The number of nitrogens with one attached hydrogen (secondary N) is 13. The number of ketones is 4. The Hall–Kier alpha value is -13.6. The SMILES string of the molecule is CCCCCCCCCC(=O)N[C@@H](Cc1c[nH]c2ccccc12)C(=O)N[C@H](CC(N)=O)C(=O)C[C@@H](CC(=O)O)C(=O)N[C@@H]1C(=O)NCC(=O)N[C@@H](CCCNC(=O)O[C@@H]2/C=C/CC[C@](C)(C(=O)NC(CC(=O)O)C(=O)O)CC2)C(=O)C[C@@H](C)C(=O)N[C@H](C)C(=O)N[C@@H](C)C(=O)NCC(=O)N[C@H](CO)C(=O)C[C@@H](C(C)CC(=O)O)C(=O)N[C@@H](CC(=O)c2ccccc2N)C(=O)O[C@@H]1C. The van der Waals surface area contributed by atoms with Crippen LogP contribution in [0.25, 0.3) is 10.9 Å². The summed E-state index contributed by atoms with van der Waals surface area (Å²) in [6.45, 7) is 5.74. The summed E-state index contributed by atoms with van der Waals surface area (Å²) in [6.07, 6.45) is -1.91. The van der Waals surface area contributed by atoms with Gasteiger partial charge in [-0.3, -0.25) is 91.1 Å². The summed E-state index contributed by atoms with van der Waals surface area (Å²) >= 11 is 0. The second kappa shape index (κ2) is 54.2. The number of carboxylic acids is 4. The van der Waals surface area contributed by atoms with Gasteiger partial charge in [0.05, 0.1) is 57.0 Å². The number of aliphatic hydroxyl groups is 1. The molecule has 2 aliphatic rings. The van der Waals surface area contributed by atoms with E-state index >= 15 is 14.4 Å². The zero-order chi connectivity index (χ0) is 98.2. The number of aliphatic carboxylic acids is 4. The number of aromatic nitrogens is 1. The number of alkyl carbamates (subject to hydrolysis) is 1. The molecule has 22 N–H and O–H groups in total. The predicted molar refractivity (Wildman–Crippen MR) is 467 cm³/mol. The van der Waals surface area contributed by atoms with Crippen LogP contribution in [0.3, 0.4) is 0 Å². The van der Waals surface area contributed by atoms with Gasteiger partial charge in [-0.05, 0) is 101 Å². The molecule has 2 aromatic carbocycles. The number of hydrogen-bond acceptors (Lipinski definition) is 26. The summed E-state index contributed by atoms with van der Waals surface area (Å²) in [6, 6.07) is -4.00. The minimum atomic E-state index is -2.41. The highest BCUT2D eigenvalue weighted by Crippen LogP contribution is 2.34. The van der Waals surface area contributed by atoms with Crippen LogP contribution < -0.4 is 75.3 Å². The van der Waals surface area contributed by atoms with E-state index in [1.807, 2.05) is 0 Å². The monoisotopic (exact) mass is 1850 g/mol. The zero-order valence-electron chi connectivity index (χ0n) is 74.8. The number of carboxylic acid groups (broad SMARTS) is 4. The molecular weight excluding hydrogens is 1730 g/mol. The van der Waals surface area contributed by atoms with Crippen LogP contribution in [0.5, 0.6) is 0 Å². The van der Waals surface area contributed by atoms with Gasteiger partial charge in [0.15, 0.2) is 23.1 Å². The molecule has 0 saturated carbocycles. The number of unbranched alkanes of at least 4 members (excludes halogenated alkanes) is 6. The molecule has 1 fully saturated rings. The molecule has 2 unspecified atom stereocenters. The zero-order valence-corrected chi connectivity index (χ0v) is 74.8. The van der Waals surface area contributed by atoms with E-state index in [0.717, 1.165) is 39.0 Å². The number of cyclic esters (lactones) is 1. The number of esters is 1. The van der Waals surface area contributed by atoms with Gasteiger partial charge in [-0.1, -0.05) is 103 Å². The first-order valence-corrected chi connectivity index (χ1v) is 43.7. The van der Waals surface area contributed by atoms with Crippen LogP contribution in [-0.2, 0) is 112 Å². The number of para-hydroxylation sites is 2. The Labute approximate surface area is 760 Å². The normalized spacial score (nSPS) is 22.9. The molecule has 5 rings (SSSR count). The average molecular weight is 1860 g/mol. The molecular formula is C88H123N15O29. The fourth-order valence-corrected chi connectivity index (χ4v) is 14.7. The molecule has 1 saturated heterocycles. The molecule has 1 aromatic heterocycles. The third-order valence-electron chi connectivity index (χ3n) is 22.5. The first-order chi connectivity index (χ1) is 62.3. The lowest BCUT2D eigenvalue weighted by Gasteiger charge is -2.31. The minimum absolute atomic E-state index is 0.00593. The van der Waals surface area contributed by atoms with E-state index in [4.69, 9.17) is 20.9 Å².